The second-order valence-corrected chi connectivity index (χ2v) is 12.9. The van der Waals surface area contributed by atoms with E-state index in [1.165, 1.54) is 17.0 Å². The summed E-state index contributed by atoms with van der Waals surface area (Å²) in [5.41, 5.74) is 2.19. The van der Waals surface area contributed by atoms with Crippen molar-refractivity contribution in [2.75, 3.05) is 0 Å². The zero-order valence-corrected chi connectivity index (χ0v) is 24.6. The lowest BCUT2D eigenvalue weighted by Gasteiger charge is -2.42. The number of allylic oxidation sites excluding steroid dienone is 6. The summed E-state index contributed by atoms with van der Waals surface area (Å²) in [4.78, 5) is 55.4. The van der Waals surface area contributed by atoms with E-state index in [1.54, 1.807) is 12.1 Å². The van der Waals surface area contributed by atoms with E-state index < -0.39 is 29.2 Å². The zero-order chi connectivity index (χ0) is 29.2. The zero-order valence-electron chi connectivity index (χ0n) is 23.0. The maximum absolute atomic E-state index is 13.8. The minimum absolute atomic E-state index is 0.0740. The molecule has 1 N–H and O–H groups in total. The van der Waals surface area contributed by atoms with E-state index in [2.05, 4.69) is 15.9 Å². The van der Waals surface area contributed by atoms with Crippen molar-refractivity contribution in [2.45, 2.75) is 51.7 Å². The smallest absolute Gasteiger partial charge is 0.234 e. The van der Waals surface area contributed by atoms with Gasteiger partial charge in [0.25, 0.3) is 0 Å². The van der Waals surface area contributed by atoms with Crippen molar-refractivity contribution < 1.29 is 29.0 Å². The molecular formula is C33H30BrNO6. The first-order valence-electron chi connectivity index (χ1n) is 13.7. The van der Waals surface area contributed by atoms with Crippen LogP contribution in [0.3, 0.4) is 0 Å². The number of fused-ring (bicyclic) bond motifs is 3. The number of carbonyl (C=O) groups excluding carboxylic acids is 4. The number of imide groups is 1. The first kappa shape index (κ1) is 27.4. The van der Waals surface area contributed by atoms with Crippen LogP contribution in [0.15, 0.2) is 81.9 Å². The number of carbonyl (C=O) groups is 4. The van der Waals surface area contributed by atoms with E-state index in [0.717, 1.165) is 11.1 Å². The molecule has 3 aliphatic carbocycles. The Balaban J connectivity index is 1.42. The number of likely N-dealkylation sites (tertiary alicyclic amines) is 1. The van der Waals surface area contributed by atoms with Crippen molar-refractivity contribution >= 4 is 39.3 Å². The van der Waals surface area contributed by atoms with E-state index in [4.69, 9.17) is 4.74 Å². The number of halogens is 1. The van der Waals surface area contributed by atoms with E-state index in [0.29, 0.717) is 35.5 Å². The molecule has 1 heterocycles. The number of Topliss-reactive ketones (excluding diaryl/α,β-unsaturated/α-hetero) is 1. The minimum atomic E-state index is -0.729. The minimum Gasteiger partial charge on any atom is -0.507 e. The Morgan fingerprint density at radius 2 is 1.73 bits per heavy atom. The van der Waals surface area contributed by atoms with Gasteiger partial charge in [-0.05, 0) is 67.1 Å². The molecule has 210 valence electrons. The van der Waals surface area contributed by atoms with Crippen molar-refractivity contribution in [3.05, 3.63) is 93.0 Å². The lowest BCUT2D eigenvalue weighted by atomic mass is 9.59. The number of aromatic hydroxyl groups is 1. The third kappa shape index (κ3) is 4.49. The molecule has 1 aliphatic heterocycles. The molecule has 0 bridgehead atoms. The van der Waals surface area contributed by atoms with Crippen molar-refractivity contribution in [3.63, 3.8) is 0 Å². The summed E-state index contributed by atoms with van der Waals surface area (Å²) in [7, 11) is 0. The fourth-order valence-corrected chi connectivity index (χ4v) is 7.27. The third-order valence-corrected chi connectivity index (χ3v) is 9.15. The molecule has 4 atom stereocenters. The molecule has 2 aromatic carbocycles. The predicted octanol–water partition coefficient (Wildman–Crippen LogP) is 5.53. The third-order valence-electron chi connectivity index (χ3n) is 8.56. The van der Waals surface area contributed by atoms with Gasteiger partial charge in [0.05, 0.1) is 16.3 Å². The molecule has 2 aromatic rings. The number of nitrogens with zero attached hydrogens (tertiary/aromatic N) is 1. The van der Waals surface area contributed by atoms with Crippen LogP contribution in [0, 0.1) is 17.8 Å². The molecule has 4 aliphatic rings. The Morgan fingerprint density at radius 1 is 1.00 bits per heavy atom. The van der Waals surface area contributed by atoms with Gasteiger partial charge in [-0.25, -0.2) is 0 Å². The Morgan fingerprint density at radius 3 is 2.41 bits per heavy atom. The first-order valence-corrected chi connectivity index (χ1v) is 14.5. The molecule has 41 heavy (non-hydrogen) atoms. The van der Waals surface area contributed by atoms with Gasteiger partial charge in [-0.15, -0.1) is 0 Å². The molecule has 1 fully saturated rings. The SMILES string of the molecule is CC(C)(C)N1C(=O)[C@H]2[C@H](CC=C3[C@H](c4ccc(OCc5ccccc5)cc4O)C4=C(C[C@H]32)C(=O)C(Br)=CC4=O)C1=O. The summed E-state index contributed by atoms with van der Waals surface area (Å²) >= 11 is 3.24. The van der Waals surface area contributed by atoms with Crippen LogP contribution in [-0.4, -0.2) is 38.9 Å². The van der Waals surface area contributed by atoms with Crippen molar-refractivity contribution in [2.24, 2.45) is 17.8 Å². The molecular weight excluding hydrogens is 586 g/mol. The second kappa shape index (κ2) is 9.94. The maximum Gasteiger partial charge on any atom is 0.234 e. The van der Waals surface area contributed by atoms with Crippen LogP contribution in [0.1, 0.15) is 50.7 Å². The van der Waals surface area contributed by atoms with Crippen molar-refractivity contribution in [3.8, 4) is 11.5 Å². The van der Waals surface area contributed by atoms with Gasteiger partial charge >= 0.3 is 0 Å². The highest BCUT2D eigenvalue weighted by Crippen LogP contribution is 2.56. The van der Waals surface area contributed by atoms with Gasteiger partial charge in [-0.1, -0.05) is 48.0 Å². The van der Waals surface area contributed by atoms with Gasteiger partial charge in [0.2, 0.25) is 11.8 Å². The Bertz CT molecular complexity index is 1590. The number of phenols is 1. The van der Waals surface area contributed by atoms with E-state index >= 15 is 0 Å². The summed E-state index contributed by atoms with van der Waals surface area (Å²) in [6.45, 7) is 5.83. The number of hydrogen-bond acceptors (Lipinski definition) is 6. The van der Waals surface area contributed by atoms with Gasteiger partial charge in [-0.2, -0.15) is 0 Å². The average molecular weight is 617 g/mol. The fraction of sp³-hybridized carbons (Fsp3) is 0.333. The molecule has 0 aromatic heterocycles. The number of rotatable bonds is 4. The molecule has 1 saturated heterocycles. The molecule has 0 unspecified atom stereocenters. The Labute approximate surface area is 246 Å². The molecule has 6 rings (SSSR count). The number of ether oxygens (including phenoxy) is 1. The van der Waals surface area contributed by atoms with Crippen molar-refractivity contribution in [1.82, 2.24) is 4.90 Å². The van der Waals surface area contributed by atoms with Crippen LogP contribution >= 0.6 is 15.9 Å². The normalized spacial score (nSPS) is 25.9. The van der Waals surface area contributed by atoms with E-state index in [9.17, 15) is 24.3 Å². The van der Waals surface area contributed by atoms with Crippen LogP contribution in [0.2, 0.25) is 0 Å². The number of amides is 2. The van der Waals surface area contributed by atoms with Crippen LogP contribution in [0.25, 0.3) is 0 Å². The van der Waals surface area contributed by atoms with E-state index in [1.807, 2.05) is 57.2 Å². The lowest BCUT2D eigenvalue weighted by molar-refractivity contribution is -0.145. The number of phenolic OH excluding ortho intramolecular Hbond substituents is 1. The highest BCUT2D eigenvalue weighted by molar-refractivity contribution is 9.12. The summed E-state index contributed by atoms with van der Waals surface area (Å²) in [6, 6.07) is 14.6. The van der Waals surface area contributed by atoms with Crippen LogP contribution < -0.4 is 4.74 Å². The van der Waals surface area contributed by atoms with Gasteiger partial charge in [0.1, 0.15) is 18.1 Å². The fourth-order valence-electron chi connectivity index (χ4n) is 6.82. The monoisotopic (exact) mass is 615 g/mol. The quantitative estimate of drug-likeness (QED) is 0.276. The molecule has 0 saturated carbocycles. The van der Waals surface area contributed by atoms with Gasteiger partial charge in [0, 0.05) is 40.3 Å². The summed E-state index contributed by atoms with van der Waals surface area (Å²) in [5, 5.41) is 11.3. The largest absolute Gasteiger partial charge is 0.507 e. The molecule has 7 nitrogen and oxygen atoms in total. The summed E-state index contributed by atoms with van der Waals surface area (Å²) in [6.07, 6.45) is 3.76. The van der Waals surface area contributed by atoms with Gasteiger partial charge in [0.15, 0.2) is 11.6 Å². The first-order chi connectivity index (χ1) is 19.5. The number of benzene rings is 2. The summed E-state index contributed by atoms with van der Waals surface area (Å²) in [5.74, 6) is -3.02. The highest BCUT2D eigenvalue weighted by atomic mass is 79.9. The number of hydrogen-bond donors (Lipinski definition) is 1. The number of ketones is 2. The Hall–Kier alpha value is -3.78. The maximum atomic E-state index is 13.8. The molecule has 0 radical (unpaired) electrons. The molecule has 2 amide bonds. The standard InChI is InChI=1S/C33H30BrNO6/c1-33(2,3)35-31(39)21-12-11-19-22(28(21)32(35)40)14-23-29(26(37)15-24(34)30(23)38)27(19)20-10-9-18(13-25(20)36)41-16-17-7-5-4-6-8-17/h4-11,13,15,21-22,27-28,36H,12,14,16H2,1-3H3/t21-,22+,27+,28-/m0/s1. The van der Waals surface area contributed by atoms with Crippen LogP contribution in [-0.2, 0) is 25.8 Å². The van der Waals surface area contributed by atoms with Gasteiger partial charge < -0.3 is 9.84 Å². The van der Waals surface area contributed by atoms with E-state index in [-0.39, 0.29) is 40.0 Å². The highest BCUT2D eigenvalue weighted by Gasteiger charge is 2.58. The average Bonchev–Trinajstić information content (AvgIpc) is 3.20. The van der Waals surface area contributed by atoms with Gasteiger partial charge in [-0.3, -0.25) is 24.1 Å². The lowest BCUT2D eigenvalue weighted by Crippen LogP contribution is -2.46. The van der Waals surface area contributed by atoms with Crippen molar-refractivity contribution in [1.29, 1.82) is 0 Å². The predicted molar refractivity (Wildman–Crippen MR) is 155 cm³/mol. The summed E-state index contributed by atoms with van der Waals surface area (Å²) < 4.78 is 6.06. The van der Waals surface area contributed by atoms with Crippen LogP contribution in [0.4, 0.5) is 0 Å². The topological polar surface area (TPSA) is 101 Å². The van der Waals surface area contributed by atoms with Crippen LogP contribution in [0.5, 0.6) is 11.5 Å². The molecule has 0 spiro atoms. The second-order valence-electron chi connectivity index (χ2n) is 12.1. The Kier molecular flexibility index (Phi) is 6.64. The molecule has 8 heteroatoms.